The SMILES string of the molecule is Cc1cc(=O)[nH]n1-c1ccc(Nc2nc(N3CCCCC3)nc(N3CCC[C@@H](N)C3)n2)cc1.Cl.N.N.N.[HH].[HH].[HH]. The van der Waals surface area contributed by atoms with Crippen molar-refractivity contribution in [1.82, 2.24) is 43.2 Å². The largest absolute Gasteiger partial charge is 0.344 e. The number of nitrogens with one attached hydrogen (secondary N) is 2. The maximum absolute atomic E-state index is 11.6. The van der Waals surface area contributed by atoms with Crippen LogP contribution in [0.5, 0.6) is 0 Å². The number of halogens is 1. The molecule has 13 N–H and O–H groups in total. The van der Waals surface area contributed by atoms with Crippen molar-refractivity contribution in [2.75, 3.05) is 41.3 Å². The molecule has 0 bridgehead atoms. The topological polar surface area (TPSA) is 226 Å². The lowest BCUT2D eigenvalue weighted by Crippen LogP contribution is -2.44. The van der Waals surface area contributed by atoms with Crippen molar-refractivity contribution in [1.29, 1.82) is 0 Å². The highest BCUT2D eigenvalue weighted by Crippen LogP contribution is 2.24. The van der Waals surface area contributed by atoms with E-state index in [2.05, 4.69) is 20.2 Å². The first-order valence-corrected chi connectivity index (χ1v) is 11.7. The van der Waals surface area contributed by atoms with Crippen LogP contribution in [0.15, 0.2) is 35.1 Å². The summed E-state index contributed by atoms with van der Waals surface area (Å²) in [6.45, 7) is 5.48. The molecule has 1 atom stereocenters. The first kappa shape index (κ1) is 31.8. The van der Waals surface area contributed by atoms with Gasteiger partial charge < -0.3 is 39.3 Å². The number of anilines is 4. The summed E-state index contributed by atoms with van der Waals surface area (Å²) >= 11 is 0. The van der Waals surface area contributed by atoms with Crippen LogP contribution < -0.4 is 44.9 Å². The number of hydrogen-bond acceptors (Lipinski definition) is 11. The van der Waals surface area contributed by atoms with Gasteiger partial charge in [-0.25, -0.2) is 0 Å². The Balaban J connectivity index is -0.00000196. The number of rotatable bonds is 5. The zero-order valence-corrected chi connectivity index (χ0v) is 22.3. The molecule has 0 aliphatic carbocycles. The molecule has 14 heteroatoms. The summed E-state index contributed by atoms with van der Waals surface area (Å²) in [5, 5.41) is 6.15. The van der Waals surface area contributed by atoms with Crippen LogP contribution in [0.3, 0.4) is 0 Å². The minimum absolute atomic E-state index is 0. The molecule has 37 heavy (non-hydrogen) atoms. The molecule has 13 nitrogen and oxygen atoms in total. The molecule has 0 unspecified atom stereocenters. The second kappa shape index (κ2) is 13.9. The number of aromatic amines is 1. The van der Waals surface area contributed by atoms with Gasteiger partial charge in [-0.3, -0.25) is 14.6 Å². The summed E-state index contributed by atoms with van der Waals surface area (Å²) in [6, 6.07) is 9.52. The van der Waals surface area contributed by atoms with Gasteiger partial charge in [0.1, 0.15) is 0 Å². The summed E-state index contributed by atoms with van der Waals surface area (Å²) in [5.74, 6) is 1.93. The lowest BCUT2D eigenvalue weighted by Gasteiger charge is -2.32. The average molecular weight is 543 g/mol. The molecule has 2 aliphatic rings. The fourth-order valence-electron chi connectivity index (χ4n) is 4.55. The van der Waals surface area contributed by atoms with Crippen molar-refractivity contribution < 1.29 is 4.28 Å². The minimum Gasteiger partial charge on any atom is -0.344 e. The van der Waals surface area contributed by atoms with Crippen molar-refractivity contribution in [3.8, 4) is 5.69 Å². The van der Waals surface area contributed by atoms with Gasteiger partial charge in [0.05, 0.1) is 5.69 Å². The predicted octanol–water partition coefficient (Wildman–Crippen LogP) is 3.97. The highest BCUT2D eigenvalue weighted by atomic mass is 35.5. The van der Waals surface area contributed by atoms with Crippen LogP contribution in [0.25, 0.3) is 5.69 Å². The van der Waals surface area contributed by atoms with Gasteiger partial charge in [0, 0.05) is 53.9 Å². The molecule has 0 radical (unpaired) electrons. The minimum atomic E-state index is -0.116. The van der Waals surface area contributed by atoms with Crippen LogP contribution in [0.4, 0.5) is 23.5 Å². The second-order valence-electron chi connectivity index (χ2n) is 8.92. The Kier molecular flexibility index (Phi) is 12.0. The highest BCUT2D eigenvalue weighted by molar-refractivity contribution is 5.85. The van der Waals surface area contributed by atoms with Crippen molar-refractivity contribution in [2.45, 2.75) is 45.1 Å². The Hall–Kier alpha value is -3.23. The Bertz CT molecular complexity index is 1170. The van der Waals surface area contributed by atoms with Crippen molar-refractivity contribution in [3.05, 3.63) is 46.4 Å². The van der Waals surface area contributed by atoms with Gasteiger partial charge in [-0.05, 0) is 63.3 Å². The number of piperidine rings is 2. The molecule has 2 aliphatic heterocycles. The van der Waals surface area contributed by atoms with Gasteiger partial charge in [0.25, 0.3) is 5.56 Å². The molecule has 0 saturated carbocycles. The molecule has 4 heterocycles. The van der Waals surface area contributed by atoms with Gasteiger partial charge >= 0.3 is 0 Å². The summed E-state index contributed by atoms with van der Waals surface area (Å²) < 4.78 is 1.77. The molecule has 5 rings (SSSR count). The Morgan fingerprint density at radius 2 is 1.57 bits per heavy atom. The monoisotopic (exact) mass is 542 g/mol. The Morgan fingerprint density at radius 3 is 2.16 bits per heavy atom. The van der Waals surface area contributed by atoms with E-state index >= 15 is 0 Å². The Labute approximate surface area is 227 Å². The standard InChI is InChI=1S/C23H31N9O.ClH.3H3N.3H2/c1-16-14-20(33)29-32(16)19-9-7-18(8-10-19)25-21-26-22(30-11-3-2-4-12-30)28-23(27-21)31-13-5-6-17(24)15-31;;;;;;;/h7-10,14,17H,2-6,11-13,15,24H2,1H3,(H,29,33)(H,25,26,27,28);1H;3*1H3;3*1H/t17-;;;;;;;/m1......./s1. The van der Waals surface area contributed by atoms with E-state index in [0.717, 1.165) is 74.9 Å². The van der Waals surface area contributed by atoms with E-state index in [1.54, 1.807) is 10.7 Å². The van der Waals surface area contributed by atoms with Gasteiger partial charge in [-0.2, -0.15) is 15.0 Å². The normalized spacial score (nSPS) is 17.0. The average Bonchev–Trinajstić information content (AvgIpc) is 3.18. The number of nitrogens with two attached hydrogens (primary N) is 1. The third-order valence-electron chi connectivity index (χ3n) is 6.29. The van der Waals surface area contributed by atoms with Crippen LogP contribution >= 0.6 is 12.4 Å². The summed E-state index contributed by atoms with van der Waals surface area (Å²) in [4.78, 5) is 30.3. The highest BCUT2D eigenvalue weighted by Gasteiger charge is 2.23. The number of nitrogens with zero attached hydrogens (tertiary/aromatic N) is 6. The number of benzene rings is 1. The van der Waals surface area contributed by atoms with Crippen LogP contribution in [0.2, 0.25) is 0 Å². The molecule has 3 aromatic rings. The molecule has 0 spiro atoms. The maximum atomic E-state index is 11.6. The van der Waals surface area contributed by atoms with Crippen LogP contribution in [0, 0.1) is 6.92 Å². The van der Waals surface area contributed by atoms with E-state index in [9.17, 15) is 4.79 Å². The van der Waals surface area contributed by atoms with E-state index in [0.29, 0.717) is 11.9 Å². The van der Waals surface area contributed by atoms with Gasteiger partial charge in [-0.15, -0.1) is 12.4 Å². The van der Waals surface area contributed by atoms with E-state index in [4.69, 9.17) is 20.7 Å². The molecular weight excluding hydrogens is 496 g/mol. The second-order valence-corrected chi connectivity index (χ2v) is 8.92. The Morgan fingerprint density at radius 1 is 0.946 bits per heavy atom. The predicted molar refractivity (Wildman–Crippen MR) is 158 cm³/mol. The van der Waals surface area contributed by atoms with Gasteiger partial charge in [-0.1, -0.05) is 0 Å². The maximum Gasteiger partial charge on any atom is 0.264 e. The number of aryl methyl sites for hydroxylation is 1. The zero-order valence-electron chi connectivity index (χ0n) is 21.5. The molecule has 212 valence electrons. The number of H-pyrrole nitrogens is 1. The van der Waals surface area contributed by atoms with Crippen molar-refractivity contribution in [2.24, 2.45) is 5.73 Å². The summed E-state index contributed by atoms with van der Waals surface area (Å²) in [6.07, 6.45) is 5.63. The van der Waals surface area contributed by atoms with Crippen molar-refractivity contribution >= 4 is 35.9 Å². The molecule has 2 aromatic heterocycles. The van der Waals surface area contributed by atoms with E-state index in [1.165, 1.54) is 6.42 Å². The fraction of sp³-hybridized carbons (Fsp3) is 0.478. The summed E-state index contributed by atoms with van der Waals surface area (Å²) in [7, 11) is 0. The van der Waals surface area contributed by atoms with Gasteiger partial charge in [0.15, 0.2) is 0 Å². The fourth-order valence-corrected chi connectivity index (χ4v) is 4.55. The molecule has 2 saturated heterocycles. The first-order valence-electron chi connectivity index (χ1n) is 11.7. The van der Waals surface area contributed by atoms with Gasteiger partial charge in [0.2, 0.25) is 17.8 Å². The van der Waals surface area contributed by atoms with Crippen LogP contribution in [0.1, 0.15) is 42.1 Å². The lowest BCUT2D eigenvalue weighted by molar-refractivity contribution is 0.498. The van der Waals surface area contributed by atoms with E-state index in [-0.39, 0.29) is 46.7 Å². The van der Waals surface area contributed by atoms with Crippen LogP contribution in [-0.4, -0.2) is 57.0 Å². The number of hydrogen-bond donors (Lipinski definition) is 6. The third kappa shape index (κ3) is 7.40. The third-order valence-corrected chi connectivity index (χ3v) is 6.29. The van der Waals surface area contributed by atoms with Crippen molar-refractivity contribution in [3.63, 3.8) is 0 Å². The zero-order chi connectivity index (χ0) is 22.8. The van der Waals surface area contributed by atoms with E-state index < -0.39 is 0 Å². The summed E-state index contributed by atoms with van der Waals surface area (Å²) in [5.41, 5.74) is 8.70. The first-order chi connectivity index (χ1) is 16.0. The van der Waals surface area contributed by atoms with E-state index in [1.807, 2.05) is 31.2 Å². The smallest absolute Gasteiger partial charge is 0.264 e. The van der Waals surface area contributed by atoms with Crippen LogP contribution in [-0.2, 0) is 0 Å². The quantitative estimate of drug-likeness (QED) is 0.270. The lowest BCUT2D eigenvalue weighted by atomic mass is 10.1. The molecule has 0 amide bonds. The molecule has 2 fully saturated rings. The molecule has 1 aromatic carbocycles. The molecular formula is C23H47ClN12O. The number of aromatic nitrogens is 5.